The van der Waals surface area contributed by atoms with E-state index in [1.54, 1.807) is 0 Å². The van der Waals surface area contributed by atoms with Gasteiger partial charge in [0.2, 0.25) is 0 Å². The Morgan fingerprint density at radius 2 is 1.87 bits per heavy atom. The predicted octanol–water partition coefficient (Wildman–Crippen LogP) is -1.79. The van der Waals surface area contributed by atoms with Gasteiger partial charge in [-0.05, 0) is 13.8 Å². The van der Waals surface area contributed by atoms with Gasteiger partial charge in [-0.25, -0.2) is 0 Å². The van der Waals surface area contributed by atoms with E-state index in [0.717, 1.165) is 0 Å². The fourth-order valence-electron chi connectivity index (χ4n) is 1.74. The van der Waals surface area contributed by atoms with Gasteiger partial charge in [0.15, 0.2) is 5.79 Å². The van der Waals surface area contributed by atoms with Gasteiger partial charge in [-0.1, -0.05) is 0 Å². The SMILES string of the molecule is CO[C@@]1(C)[C@@H](O)[C@H](O)[C@@H](CO)O[C@]1(C)O. The van der Waals surface area contributed by atoms with E-state index < -0.39 is 36.3 Å². The van der Waals surface area contributed by atoms with E-state index in [0.29, 0.717) is 0 Å². The van der Waals surface area contributed by atoms with Crippen molar-refractivity contribution in [2.75, 3.05) is 13.7 Å². The van der Waals surface area contributed by atoms with Crippen LogP contribution in [0.2, 0.25) is 0 Å². The highest BCUT2D eigenvalue weighted by atomic mass is 16.7. The van der Waals surface area contributed by atoms with E-state index >= 15 is 0 Å². The van der Waals surface area contributed by atoms with Crippen molar-refractivity contribution in [3.8, 4) is 0 Å². The van der Waals surface area contributed by atoms with Gasteiger partial charge in [-0.15, -0.1) is 0 Å². The molecule has 0 aromatic carbocycles. The summed E-state index contributed by atoms with van der Waals surface area (Å²) in [7, 11) is 1.30. The lowest BCUT2D eigenvalue weighted by atomic mass is 9.82. The molecule has 1 fully saturated rings. The number of rotatable bonds is 2. The molecule has 90 valence electrons. The molecule has 0 radical (unpaired) electrons. The largest absolute Gasteiger partial charge is 0.394 e. The van der Waals surface area contributed by atoms with Crippen LogP contribution in [0.15, 0.2) is 0 Å². The molecule has 4 N–H and O–H groups in total. The molecule has 0 aromatic heterocycles. The van der Waals surface area contributed by atoms with Crippen LogP contribution in [0.25, 0.3) is 0 Å². The number of methoxy groups -OCH3 is 1. The van der Waals surface area contributed by atoms with Gasteiger partial charge in [0.25, 0.3) is 0 Å². The van der Waals surface area contributed by atoms with Crippen LogP contribution in [-0.2, 0) is 9.47 Å². The number of aliphatic hydroxyl groups excluding tert-OH is 3. The molecule has 1 aliphatic heterocycles. The average molecular weight is 222 g/mol. The molecule has 1 heterocycles. The standard InChI is InChI=1S/C9H18O6/c1-8(14-3)7(12)6(11)5(4-10)15-9(8,2)13/h5-7,10-13H,4H2,1-3H3/t5-,6-,7+,8+,9+/m1/s1. The molecule has 0 bridgehead atoms. The molecule has 6 heteroatoms. The summed E-state index contributed by atoms with van der Waals surface area (Å²) in [6.07, 6.45) is -3.68. The predicted molar refractivity (Wildman–Crippen MR) is 50.0 cm³/mol. The van der Waals surface area contributed by atoms with E-state index in [1.807, 2.05) is 0 Å². The van der Waals surface area contributed by atoms with E-state index in [1.165, 1.54) is 21.0 Å². The number of hydrogen-bond acceptors (Lipinski definition) is 6. The summed E-state index contributed by atoms with van der Waals surface area (Å²) in [5, 5.41) is 38.3. The van der Waals surface area contributed by atoms with Crippen LogP contribution in [0.3, 0.4) is 0 Å². The summed E-state index contributed by atoms with van der Waals surface area (Å²) in [6, 6.07) is 0. The first-order chi connectivity index (χ1) is 6.80. The Kier molecular flexibility index (Phi) is 3.39. The lowest BCUT2D eigenvalue weighted by Crippen LogP contribution is -2.71. The minimum absolute atomic E-state index is 0.492. The molecule has 0 spiro atoms. The van der Waals surface area contributed by atoms with Crippen molar-refractivity contribution >= 4 is 0 Å². The lowest BCUT2D eigenvalue weighted by Gasteiger charge is -2.51. The lowest BCUT2D eigenvalue weighted by molar-refractivity contribution is -0.381. The van der Waals surface area contributed by atoms with Gasteiger partial charge in [-0.2, -0.15) is 0 Å². The molecule has 0 aromatic rings. The van der Waals surface area contributed by atoms with Crippen molar-refractivity contribution in [1.82, 2.24) is 0 Å². The second-order valence-electron chi connectivity index (χ2n) is 4.07. The number of hydrogen-bond donors (Lipinski definition) is 4. The number of ether oxygens (including phenoxy) is 2. The smallest absolute Gasteiger partial charge is 0.195 e. The maximum atomic E-state index is 9.95. The minimum atomic E-state index is -1.78. The van der Waals surface area contributed by atoms with Crippen LogP contribution >= 0.6 is 0 Å². The van der Waals surface area contributed by atoms with Crippen molar-refractivity contribution < 1.29 is 29.9 Å². The second-order valence-corrected chi connectivity index (χ2v) is 4.07. The molecule has 1 saturated heterocycles. The van der Waals surface area contributed by atoms with Crippen molar-refractivity contribution in [2.45, 2.75) is 43.5 Å². The van der Waals surface area contributed by atoms with Crippen molar-refractivity contribution in [2.24, 2.45) is 0 Å². The first-order valence-electron chi connectivity index (χ1n) is 4.72. The first kappa shape index (κ1) is 12.8. The van der Waals surface area contributed by atoms with Crippen molar-refractivity contribution in [1.29, 1.82) is 0 Å². The van der Waals surface area contributed by atoms with E-state index in [4.69, 9.17) is 14.6 Å². The maximum Gasteiger partial charge on any atom is 0.195 e. The summed E-state index contributed by atoms with van der Waals surface area (Å²) in [4.78, 5) is 0. The zero-order chi connectivity index (χ0) is 11.9. The topological polar surface area (TPSA) is 99.4 Å². The molecule has 0 saturated carbocycles. The summed E-state index contributed by atoms with van der Waals surface area (Å²) >= 11 is 0. The highest BCUT2D eigenvalue weighted by molar-refractivity contribution is 5.04. The highest BCUT2D eigenvalue weighted by Gasteiger charge is 2.59. The monoisotopic (exact) mass is 222 g/mol. The third kappa shape index (κ3) is 1.77. The Balaban J connectivity index is 3.01. The molecular weight excluding hydrogens is 204 g/mol. The molecule has 6 nitrogen and oxygen atoms in total. The Bertz CT molecular complexity index is 231. The second kappa shape index (κ2) is 3.97. The van der Waals surface area contributed by atoms with Crippen LogP contribution in [0, 0.1) is 0 Å². The third-order valence-corrected chi connectivity index (χ3v) is 3.17. The zero-order valence-electron chi connectivity index (χ0n) is 9.04. The first-order valence-corrected chi connectivity index (χ1v) is 4.72. The summed E-state index contributed by atoms with van der Waals surface area (Å²) in [6.45, 7) is 2.25. The minimum Gasteiger partial charge on any atom is -0.394 e. The zero-order valence-corrected chi connectivity index (χ0v) is 9.04. The van der Waals surface area contributed by atoms with Crippen LogP contribution < -0.4 is 0 Å². The molecule has 1 aliphatic rings. The Hall–Kier alpha value is -0.240. The summed E-state index contributed by atoms with van der Waals surface area (Å²) in [5.41, 5.74) is -1.45. The van der Waals surface area contributed by atoms with Gasteiger partial charge in [0, 0.05) is 7.11 Å². The van der Waals surface area contributed by atoms with Crippen molar-refractivity contribution in [3.05, 3.63) is 0 Å². The maximum absolute atomic E-state index is 9.95. The van der Waals surface area contributed by atoms with Gasteiger partial charge in [-0.3, -0.25) is 0 Å². The van der Waals surface area contributed by atoms with E-state index in [9.17, 15) is 15.3 Å². The number of aliphatic hydroxyl groups is 4. The Morgan fingerprint density at radius 1 is 1.33 bits per heavy atom. The molecule has 0 amide bonds. The van der Waals surface area contributed by atoms with Crippen molar-refractivity contribution in [3.63, 3.8) is 0 Å². The average Bonchev–Trinajstić information content (AvgIpc) is 2.20. The van der Waals surface area contributed by atoms with Gasteiger partial charge >= 0.3 is 0 Å². The fourth-order valence-corrected chi connectivity index (χ4v) is 1.74. The van der Waals surface area contributed by atoms with E-state index in [2.05, 4.69) is 0 Å². The van der Waals surface area contributed by atoms with Gasteiger partial charge in [0.1, 0.15) is 23.9 Å². The summed E-state index contributed by atoms with van der Waals surface area (Å²) < 4.78 is 10.1. The van der Waals surface area contributed by atoms with Crippen LogP contribution in [0.5, 0.6) is 0 Å². The molecule has 5 atom stereocenters. The normalized spacial score (nSPS) is 51.8. The summed E-state index contributed by atoms with van der Waals surface area (Å²) in [5.74, 6) is -1.78. The molecule has 0 unspecified atom stereocenters. The fraction of sp³-hybridized carbons (Fsp3) is 1.00. The molecule has 0 aliphatic carbocycles. The van der Waals surface area contributed by atoms with Crippen LogP contribution in [0.4, 0.5) is 0 Å². The Labute approximate surface area is 88.1 Å². The highest BCUT2D eigenvalue weighted by Crippen LogP contribution is 2.38. The van der Waals surface area contributed by atoms with Crippen LogP contribution in [-0.4, -0.2) is 63.8 Å². The van der Waals surface area contributed by atoms with Gasteiger partial charge in [0.05, 0.1) is 6.61 Å². The quantitative estimate of drug-likeness (QED) is 0.440. The molecule has 1 rings (SSSR count). The molecule has 15 heavy (non-hydrogen) atoms. The van der Waals surface area contributed by atoms with E-state index in [-0.39, 0.29) is 0 Å². The Morgan fingerprint density at radius 3 is 2.27 bits per heavy atom. The van der Waals surface area contributed by atoms with Gasteiger partial charge < -0.3 is 29.9 Å². The third-order valence-electron chi connectivity index (χ3n) is 3.17. The molecular formula is C9H18O6. The van der Waals surface area contributed by atoms with Crippen LogP contribution in [0.1, 0.15) is 13.8 Å².